The monoisotopic (exact) mass is 257 g/mol. The number of benzene rings is 1. The summed E-state index contributed by atoms with van der Waals surface area (Å²) in [6, 6.07) is 9.90. The van der Waals surface area contributed by atoms with Gasteiger partial charge >= 0.3 is 0 Å². The summed E-state index contributed by atoms with van der Waals surface area (Å²) in [5.41, 5.74) is 3.57. The van der Waals surface area contributed by atoms with E-state index >= 15 is 0 Å². The second-order valence-corrected chi connectivity index (χ2v) is 4.94. The van der Waals surface area contributed by atoms with Crippen LogP contribution < -0.4 is 5.32 Å². The van der Waals surface area contributed by atoms with Gasteiger partial charge in [-0.3, -0.25) is 4.79 Å². The second kappa shape index (κ2) is 5.26. The molecule has 1 N–H and O–H groups in total. The number of amides is 1. The maximum Gasteiger partial charge on any atom is 0.227 e. The fourth-order valence-electron chi connectivity index (χ4n) is 1.91. The highest BCUT2D eigenvalue weighted by atomic mass is 16.1. The molecule has 4 nitrogen and oxygen atoms in total. The SMILES string of the molecule is Cc1nn(-c2ccccc2)c(C)c1NC(=O)C(C)C. The Bertz CT molecular complexity index is 585. The van der Waals surface area contributed by atoms with Gasteiger partial charge in [0.15, 0.2) is 0 Å². The molecule has 0 fully saturated rings. The summed E-state index contributed by atoms with van der Waals surface area (Å²) < 4.78 is 1.85. The zero-order chi connectivity index (χ0) is 14.0. The summed E-state index contributed by atoms with van der Waals surface area (Å²) in [6.45, 7) is 7.62. The lowest BCUT2D eigenvalue weighted by atomic mass is 10.2. The molecule has 1 heterocycles. The van der Waals surface area contributed by atoms with Crippen molar-refractivity contribution in [1.82, 2.24) is 9.78 Å². The number of nitrogens with one attached hydrogen (secondary N) is 1. The highest BCUT2D eigenvalue weighted by molar-refractivity contribution is 5.93. The number of nitrogens with zero attached hydrogens (tertiary/aromatic N) is 2. The van der Waals surface area contributed by atoms with Gasteiger partial charge in [-0.25, -0.2) is 4.68 Å². The molecule has 4 heteroatoms. The number of aryl methyl sites for hydroxylation is 1. The standard InChI is InChI=1S/C15H19N3O/c1-10(2)15(19)16-14-11(3)17-18(12(14)4)13-8-6-5-7-9-13/h5-10H,1-4H3,(H,16,19). The molecule has 0 aliphatic rings. The molecule has 2 aromatic rings. The Kier molecular flexibility index (Phi) is 3.69. The van der Waals surface area contributed by atoms with Gasteiger partial charge in [-0.2, -0.15) is 5.10 Å². The van der Waals surface area contributed by atoms with E-state index in [-0.39, 0.29) is 11.8 Å². The Labute approximate surface area is 113 Å². The molecule has 0 unspecified atom stereocenters. The fourth-order valence-corrected chi connectivity index (χ4v) is 1.91. The van der Waals surface area contributed by atoms with Gasteiger partial charge in [0.25, 0.3) is 0 Å². The van der Waals surface area contributed by atoms with Crippen molar-refractivity contribution in [2.75, 3.05) is 5.32 Å². The van der Waals surface area contributed by atoms with E-state index in [0.717, 1.165) is 22.8 Å². The Morgan fingerprint density at radius 2 is 1.84 bits per heavy atom. The number of hydrogen-bond acceptors (Lipinski definition) is 2. The van der Waals surface area contributed by atoms with Crippen molar-refractivity contribution in [1.29, 1.82) is 0 Å². The van der Waals surface area contributed by atoms with Crippen LogP contribution in [0.4, 0.5) is 5.69 Å². The Morgan fingerprint density at radius 1 is 1.21 bits per heavy atom. The van der Waals surface area contributed by atoms with Crippen LogP contribution in [-0.4, -0.2) is 15.7 Å². The number of para-hydroxylation sites is 1. The van der Waals surface area contributed by atoms with E-state index < -0.39 is 0 Å². The predicted octanol–water partition coefficient (Wildman–Crippen LogP) is 3.08. The molecule has 100 valence electrons. The lowest BCUT2D eigenvalue weighted by Gasteiger charge is -2.08. The highest BCUT2D eigenvalue weighted by Gasteiger charge is 2.16. The summed E-state index contributed by atoms with van der Waals surface area (Å²) >= 11 is 0. The quantitative estimate of drug-likeness (QED) is 0.918. The van der Waals surface area contributed by atoms with Gasteiger partial charge in [-0.05, 0) is 26.0 Å². The Hall–Kier alpha value is -2.10. The van der Waals surface area contributed by atoms with Crippen LogP contribution in [0.15, 0.2) is 30.3 Å². The first-order valence-electron chi connectivity index (χ1n) is 6.43. The number of rotatable bonds is 3. The van der Waals surface area contributed by atoms with E-state index in [4.69, 9.17) is 0 Å². The molecule has 0 bridgehead atoms. The van der Waals surface area contributed by atoms with E-state index in [1.807, 2.05) is 62.7 Å². The zero-order valence-corrected chi connectivity index (χ0v) is 11.8. The van der Waals surface area contributed by atoms with Gasteiger partial charge in [-0.1, -0.05) is 32.0 Å². The third-order valence-electron chi connectivity index (χ3n) is 3.06. The molecule has 0 aliphatic carbocycles. The van der Waals surface area contributed by atoms with Crippen molar-refractivity contribution in [3.63, 3.8) is 0 Å². The summed E-state index contributed by atoms with van der Waals surface area (Å²) in [6.07, 6.45) is 0. The molecule has 0 saturated carbocycles. The molecule has 1 aromatic heterocycles. The van der Waals surface area contributed by atoms with Crippen LogP contribution in [0.1, 0.15) is 25.2 Å². The molecule has 0 saturated heterocycles. The third kappa shape index (κ3) is 2.67. The van der Waals surface area contributed by atoms with Crippen molar-refractivity contribution < 1.29 is 4.79 Å². The number of carbonyl (C=O) groups excluding carboxylic acids is 1. The smallest absolute Gasteiger partial charge is 0.227 e. The van der Waals surface area contributed by atoms with Crippen LogP contribution in [0.3, 0.4) is 0 Å². The minimum atomic E-state index is -0.0427. The van der Waals surface area contributed by atoms with Gasteiger partial charge < -0.3 is 5.32 Å². The maximum absolute atomic E-state index is 11.8. The van der Waals surface area contributed by atoms with Crippen molar-refractivity contribution in [2.24, 2.45) is 5.92 Å². The first-order chi connectivity index (χ1) is 9.00. The maximum atomic E-state index is 11.8. The molecule has 0 atom stereocenters. The van der Waals surface area contributed by atoms with E-state index in [1.54, 1.807) is 0 Å². The highest BCUT2D eigenvalue weighted by Crippen LogP contribution is 2.23. The Balaban J connectivity index is 2.38. The minimum absolute atomic E-state index is 0.0128. The topological polar surface area (TPSA) is 46.9 Å². The van der Waals surface area contributed by atoms with E-state index in [9.17, 15) is 4.79 Å². The summed E-state index contributed by atoms with van der Waals surface area (Å²) in [5, 5.41) is 7.44. The molecule has 2 rings (SSSR count). The van der Waals surface area contributed by atoms with Gasteiger partial charge in [-0.15, -0.1) is 0 Å². The first kappa shape index (κ1) is 13.3. The normalized spacial score (nSPS) is 10.8. The zero-order valence-electron chi connectivity index (χ0n) is 11.8. The van der Waals surface area contributed by atoms with Gasteiger partial charge in [0.1, 0.15) is 0 Å². The summed E-state index contributed by atoms with van der Waals surface area (Å²) in [5.74, 6) is -0.0299. The molecular formula is C15H19N3O. The van der Waals surface area contributed by atoms with E-state index in [1.165, 1.54) is 0 Å². The van der Waals surface area contributed by atoms with Crippen LogP contribution in [-0.2, 0) is 4.79 Å². The molecule has 0 radical (unpaired) electrons. The third-order valence-corrected chi connectivity index (χ3v) is 3.06. The number of anilines is 1. The van der Waals surface area contributed by atoms with E-state index in [2.05, 4.69) is 10.4 Å². The average molecular weight is 257 g/mol. The summed E-state index contributed by atoms with van der Waals surface area (Å²) in [7, 11) is 0. The summed E-state index contributed by atoms with van der Waals surface area (Å²) in [4.78, 5) is 11.8. The first-order valence-corrected chi connectivity index (χ1v) is 6.43. The van der Waals surface area contributed by atoms with Crippen LogP contribution in [0.2, 0.25) is 0 Å². The average Bonchev–Trinajstić information content (AvgIpc) is 2.67. The number of aromatic nitrogens is 2. The van der Waals surface area contributed by atoms with Crippen LogP contribution in [0.5, 0.6) is 0 Å². The molecule has 0 spiro atoms. The fraction of sp³-hybridized carbons (Fsp3) is 0.333. The van der Waals surface area contributed by atoms with Crippen molar-refractivity contribution in [2.45, 2.75) is 27.7 Å². The lowest BCUT2D eigenvalue weighted by molar-refractivity contribution is -0.118. The van der Waals surface area contributed by atoms with Crippen LogP contribution >= 0.6 is 0 Å². The second-order valence-electron chi connectivity index (χ2n) is 4.94. The van der Waals surface area contributed by atoms with Crippen molar-refractivity contribution >= 4 is 11.6 Å². The predicted molar refractivity (Wildman–Crippen MR) is 76.5 cm³/mol. The molecule has 19 heavy (non-hydrogen) atoms. The van der Waals surface area contributed by atoms with Gasteiger partial charge in [0, 0.05) is 5.92 Å². The van der Waals surface area contributed by atoms with Crippen LogP contribution in [0, 0.1) is 19.8 Å². The molecule has 1 amide bonds. The van der Waals surface area contributed by atoms with E-state index in [0.29, 0.717) is 0 Å². The lowest BCUT2D eigenvalue weighted by Crippen LogP contribution is -2.18. The molecule has 1 aromatic carbocycles. The number of hydrogen-bond donors (Lipinski definition) is 1. The Morgan fingerprint density at radius 3 is 2.42 bits per heavy atom. The minimum Gasteiger partial charge on any atom is -0.323 e. The molecular weight excluding hydrogens is 238 g/mol. The van der Waals surface area contributed by atoms with Crippen molar-refractivity contribution in [3.05, 3.63) is 41.7 Å². The van der Waals surface area contributed by atoms with Gasteiger partial charge in [0.2, 0.25) is 5.91 Å². The van der Waals surface area contributed by atoms with Crippen molar-refractivity contribution in [3.8, 4) is 5.69 Å². The molecule has 0 aliphatic heterocycles. The number of carbonyl (C=O) groups is 1. The van der Waals surface area contributed by atoms with Gasteiger partial charge in [0.05, 0.1) is 22.8 Å². The largest absolute Gasteiger partial charge is 0.323 e. The van der Waals surface area contributed by atoms with Crippen LogP contribution in [0.25, 0.3) is 5.69 Å².